The summed E-state index contributed by atoms with van der Waals surface area (Å²) in [7, 11) is 0. The molecule has 4 nitrogen and oxygen atoms in total. The molecule has 0 radical (unpaired) electrons. The van der Waals surface area contributed by atoms with Gasteiger partial charge in [-0.3, -0.25) is 9.59 Å². The summed E-state index contributed by atoms with van der Waals surface area (Å²) < 4.78 is 0. The van der Waals surface area contributed by atoms with Gasteiger partial charge in [-0.1, -0.05) is 36.6 Å². The Labute approximate surface area is 110 Å². The molecule has 0 heterocycles. The van der Waals surface area contributed by atoms with Crippen molar-refractivity contribution in [2.75, 3.05) is 0 Å². The van der Waals surface area contributed by atoms with E-state index in [1.807, 2.05) is 0 Å². The molecule has 1 aliphatic rings. The van der Waals surface area contributed by atoms with Crippen LogP contribution in [0.25, 0.3) is 0 Å². The van der Waals surface area contributed by atoms with Crippen molar-refractivity contribution in [2.45, 2.75) is 31.2 Å². The van der Waals surface area contributed by atoms with Crippen molar-refractivity contribution in [2.24, 2.45) is 5.73 Å². The van der Waals surface area contributed by atoms with E-state index in [2.05, 4.69) is 5.32 Å². The van der Waals surface area contributed by atoms with E-state index in [0.717, 1.165) is 12.8 Å². The fraction of sp³-hybridized carbons (Fsp3) is 0.385. The topological polar surface area (TPSA) is 72.2 Å². The lowest BCUT2D eigenvalue weighted by Crippen LogP contribution is -2.55. The molecule has 0 unspecified atom stereocenters. The average Bonchev–Trinajstić information content (AvgIpc) is 2.79. The molecule has 2 amide bonds. The van der Waals surface area contributed by atoms with Crippen molar-refractivity contribution in [1.29, 1.82) is 0 Å². The summed E-state index contributed by atoms with van der Waals surface area (Å²) in [5.41, 5.74) is 4.87. The van der Waals surface area contributed by atoms with Crippen LogP contribution in [-0.2, 0) is 4.79 Å². The first-order valence-electron chi connectivity index (χ1n) is 5.92. The molecular formula is C13H15ClN2O2. The second-order valence-electron chi connectivity index (χ2n) is 4.59. The second-order valence-corrected chi connectivity index (χ2v) is 4.99. The molecule has 0 spiro atoms. The molecule has 0 aromatic heterocycles. The predicted octanol–water partition coefficient (Wildman–Crippen LogP) is 1.87. The highest BCUT2D eigenvalue weighted by molar-refractivity contribution is 6.33. The van der Waals surface area contributed by atoms with Gasteiger partial charge in [0.1, 0.15) is 5.54 Å². The number of primary amides is 1. The fourth-order valence-electron chi connectivity index (χ4n) is 2.34. The number of hydrogen-bond donors (Lipinski definition) is 2. The summed E-state index contributed by atoms with van der Waals surface area (Å²) in [6.07, 6.45) is 2.98. The third-order valence-electron chi connectivity index (χ3n) is 3.40. The van der Waals surface area contributed by atoms with Crippen LogP contribution >= 0.6 is 11.6 Å². The van der Waals surface area contributed by atoms with Crippen LogP contribution < -0.4 is 11.1 Å². The highest BCUT2D eigenvalue weighted by atomic mass is 35.5. The molecule has 5 heteroatoms. The molecule has 0 bridgehead atoms. The van der Waals surface area contributed by atoms with Crippen LogP contribution in [0.15, 0.2) is 24.3 Å². The van der Waals surface area contributed by atoms with Crippen molar-refractivity contribution >= 4 is 23.4 Å². The lowest BCUT2D eigenvalue weighted by Gasteiger charge is -2.26. The summed E-state index contributed by atoms with van der Waals surface area (Å²) in [5.74, 6) is -0.818. The molecule has 0 atom stereocenters. The summed E-state index contributed by atoms with van der Waals surface area (Å²) in [5, 5.41) is 3.12. The number of halogens is 1. The number of nitrogens with one attached hydrogen (secondary N) is 1. The normalized spacial score (nSPS) is 17.4. The summed E-state index contributed by atoms with van der Waals surface area (Å²) in [4.78, 5) is 23.7. The van der Waals surface area contributed by atoms with Crippen LogP contribution in [0.5, 0.6) is 0 Å². The first-order valence-corrected chi connectivity index (χ1v) is 6.30. The standard InChI is InChI=1S/C13H15ClN2O2/c14-10-6-2-1-5-9(10)11(17)16-13(12(15)18)7-3-4-8-13/h1-2,5-6H,3-4,7-8H2,(H2,15,18)(H,16,17). The van der Waals surface area contributed by atoms with Gasteiger partial charge in [0, 0.05) is 0 Å². The van der Waals surface area contributed by atoms with Gasteiger partial charge in [-0.15, -0.1) is 0 Å². The van der Waals surface area contributed by atoms with Gasteiger partial charge in [0.15, 0.2) is 0 Å². The van der Waals surface area contributed by atoms with Gasteiger partial charge in [0.05, 0.1) is 10.6 Å². The highest BCUT2D eigenvalue weighted by Gasteiger charge is 2.41. The molecular weight excluding hydrogens is 252 g/mol. The van der Waals surface area contributed by atoms with E-state index < -0.39 is 11.4 Å². The third kappa shape index (κ3) is 2.34. The van der Waals surface area contributed by atoms with Crippen molar-refractivity contribution in [3.05, 3.63) is 34.9 Å². The quantitative estimate of drug-likeness (QED) is 0.877. The monoisotopic (exact) mass is 266 g/mol. The Balaban J connectivity index is 2.21. The maximum Gasteiger partial charge on any atom is 0.253 e. The van der Waals surface area contributed by atoms with Crippen molar-refractivity contribution < 1.29 is 9.59 Å². The van der Waals surface area contributed by atoms with E-state index in [4.69, 9.17) is 17.3 Å². The van der Waals surface area contributed by atoms with E-state index in [-0.39, 0.29) is 5.91 Å². The minimum Gasteiger partial charge on any atom is -0.368 e. The zero-order valence-corrected chi connectivity index (χ0v) is 10.7. The molecule has 1 aromatic carbocycles. The van der Waals surface area contributed by atoms with Gasteiger partial charge in [0.2, 0.25) is 5.91 Å². The smallest absolute Gasteiger partial charge is 0.253 e. The number of amides is 2. The number of nitrogens with two attached hydrogens (primary N) is 1. The van der Waals surface area contributed by atoms with Crippen LogP contribution in [0.1, 0.15) is 36.0 Å². The lowest BCUT2D eigenvalue weighted by molar-refractivity contribution is -0.123. The Bertz CT molecular complexity index is 482. The van der Waals surface area contributed by atoms with E-state index in [1.165, 1.54) is 0 Å². The third-order valence-corrected chi connectivity index (χ3v) is 3.73. The predicted molar refractivity (Wildman–Crippen MR) is 69.3 cm³/mol. The molecule has 1 aromatic rings. The Morgan fingerprint density at radius 1 is 1.22 bits per heavy atom. The zero-order chi connectivity index (χ0) is 13.2. The van der Waals surface area contributed by atoms with Crippen LogP contribution in [0, 0.1) is 0 Å². The zero-order valence-electron chi connectivity index (χ0n) is 9.91. The second kappa shape index (κ2) is 4.98. The highest BCUT2D eigenvalue weighted by Crippen LogP contribution is 2.30. The molecule has 96 valence electrons. The SMILES string of the molecule is NC(=O)C1(NC(=O)c2ccccc2Cl)CCCC1. The minimum absolute atomic E-state index is 0.346. The van der Waals surface area contributed by atoms with E-state index in [9.17, 15) is 9.59 Å². The molecule has 1 aliphatic carbocycles. The Morgan fingerprint density at radius 2 is 1.83 bits per heavy atom. The molecule has 1 saturated carbocycles. The number of carbonyl (C=O) groups excluding carboxylic acids is 2. The van der Waals surface area contributed by atoms with Gasteiger partial charge in [0.25, 0.3) is 5.91 Å². The van der Waals surface area contributed by atoms with Gasteiger partial charge >= 0.3 is 0 Å². The first kappa shape index (κ1) is 12.9. The molecule has 3 N–H and O–H groups in total. The fourth-order valence-corrected chi connectivity index (χ4v) is 2.56. The first-order chi connectivity index (χ1) is 8.55. The molecule has 2 rings (SSSR count). The summed E-state index contributed by atoms with van der Waals surface area (Å²) in [6, 6.07) is 6.74. The summed E-state index contributed by atoms with van der Waals surface area (Å²) >= 11 is 5.95. The molecule has 0 saturated heterocycles. The average molecular weight is 267 g/mol. The number of hydrogen-bond acceptors (Lipinski definition) is 2. The largest absolute Gasteiger partial charge is 0.368 e. The number of carbonyl (C=O) groups is 2. The lowest BCUT2D eigenvalue weighted by atomic mass is 9.96. The van der Waals surface area contributed by atoms with E-state index >= 15 is 0 Å². The van der Waals surface area contributed by atoms with Gasteiger partial charge in [-0.25, -0.2) is 0 Å². The van der Waals surface area contributed by atoms with Gasteiger partial charge < -0.3 is 11.1 Å². The van der Waals surface area contributed by atoms with Gasteiger partial charge in [-0.2, -0.15) is 0 Å². The Hall–Kier alpha value is -1.55. The van der Waals surface area contributed by atoms with Crippen LogP contribution in [-0.4, -0.2) is 17.4 Å². The Kier molecular flexibility index (Phi) is 3.57. The molecule has 1 fully saturated rings. The van der Waals surface area contributed by atoms with Gasteiger partial charge in [-0.05, 0) is 25.0 Å². The number of rotatable bonds is 3. The van der Waals surface area contributed by atoms with E-state index in [0.29, 0.717) is 23.4 Å². The van der Waals surface area contributed by atoms with Crippen LogP contribution in [0.4, 0.5) is 0 Å². The maximum atomic E-state index is 12.1. The molecule has 0 aliphatic heterocycles. The number of benzene rings is 1. The Morgan fingerprint density at radius 3 is 2.39 bits per heavy atom. The van der Waals surface area contributed by atoms with Crippen molar-refractivity contribution in [3.8, 4) is 0 Å². The van der Waals surface area contributed by atoms with Crippen LogP contribution in [0.3, 0.4) is 0 Å². The maximum absolute atomic E-state index is 12.1. The summed E-state index contributed by atoms with van der Waals surface area (Å²) in [6.45, 7) is 0. The molecule has 18 heavy (non-hydrogen) atoms. The van der Waals surface area contributed by atoms with Crippen molar-refractivity contribution in [3.63, 3.8) is 0 Å². The minimum atomic E-state index is -0.906. The van der Waals surface area contributed by atoms with E-state index in [1.54, 1.807) is 24.3 Å². The van der Waals surface area contributed by atoms with Crippen molar-refractivity contribution in [1.82, 2.24) is 5.32 Å². The van der Waals surface area contributed by atoms with Crippen LogP contribution in [0.2, 0.25) is 5.02 Å².